The predicted octanol–water partition coefficient (Wildman–Crippen LogP) is 3.63. The lowest BCUT2D eigenvalue weighted by Crippen LogP contribution is -2.37. The van der Waals surface area contributed by atoms with Gasteiger partial charge in [-0.15, -0.1) is 0 Å². The van der Waals surface area contributed by atoms with Gasteiger partial charge in [-0.3, -0.25) is 0 Å². The van der Waals surface area contributed by atoms with E-state index >= 15 is 0 Å². The summed E-state index contributed by atoms with van der Waals surface area (Å²) in [6, 6.07) is 9.60. The predicted molar refractivity (Wildman–Crippen MR) is 87.1 cm³/mol. The van der Waals surface area contributed by atoms with E-state index in [2.05, 4.69) is 55.4 Å². The maximum absolute atomic E-state index is 3.71. The Kier molecular flexibility index (Phi) is 6.06. The highest BCUT2D eigenvalue weighted by Gasteiger charge is 2.17. The molecule has 2 heteroatoms. The quantitative estimate of drug-likeness (QED) is 0.852. The summed E-state index contributed by atoms with van der Waals surface area (Å²) in [6.07, 6.45) is 5.14. The summed E-state index contributed by atoms with van der Waals surface area (Å²) in [5.74, 6) is 0.815. The lowest BCUT2D eigenvalue weighted by Gasteiger charge is -2.30. The van der Waals surface area contributed by atoms with Crippen LogP contribution in [0.3, 0.4) is 0 Å². The van der Waals surface area contributed by atoms with Crippen LogP contribution >= 0.6 is 0 Å². The summed E-state index contributed by atoms with van der Waals surface area (Å²) in [5, 5.41) is 3.71. The van der Waals surface area contributed by atoms with Crippen LogP contribution in [0.2, 0.25) is 0 Å². The molecule has 1 fully saturated rings. The molecule has 1 heterocycles. The molecule has 1 N–H and O–H groups in total. The summed E-state index contributed by atoms with van der Waals surface area (Å²) < 4.78 is 0. The Hall–Kier alpha value is -0.860. The highest BCUT2D eigenvalue weighted by Crippen LogP contribution is 2.18. The zero-order valence-electron chi connectivity index (χ0n) is 13.4. The van der Waals surface area contributed by atoms with E-state index in [4.69, 9.17) is 0 Å². The first-order valence-corrected chi connectivity index (χ1v) is 8.19. The van der Waals surface area contributed by atoms with Gasteiger partial charge in [-0.25, -0.2) is 0 Å². The molecular formula is C18H30N2. The maximum Gasteiger partial charge on any atom is 0.0291 e. The van der Waals surface area contributed by atoms with E-state index in [1.807, 2.05) is 0 Å². The van der Waals surface area contributed by atoms with Gasteiger partial charge in [0.1, 0.15) is 0 Å². The van der Waals surface area contributed by atoms with Crippen molar-refractivity contribution in [2.45, 2.75) is 45.6 Å². The van der Waals surface area contributed by atoms with Crippen LogP contribution in [0.4, 0.5) is 0 Å². The smallest absolute Gasteiger partial charge is 0.0291 e. The molecule has 1 aromatic carbocycles. The van der Waals surface area contributed by atoms with E-state index in [-0.39, 0.29) is 0 Å². The monoisotopic (exact) mass is 274 g/mol. The summed E-state index contributed by atoms with van der Waals surface area (Å²) in [4.78, 5) is 2.46. The maximum atomic E-state index is 3.71. The molecule has 0 aliphatic carbocycles. The van der Waals surface area contributed by atoms with Gasteiger partial charge >= 0.3 is 0 Å². The van der Waals surface area contributed by atoms with Crippen molar-refractivity contribution in [1.29, 1.82) is 0 Å². The number of hydrogen-bond donors (Lipinski definition) is 1. The molecule has 1 aliphatic heterocycles. The van der Waals surface area contributed by atoms with Crippen molar-refractivity contribution < 1.29 is 0 Å². The molecule has 0 aromatic heterocycles. The van der Waals surface area contributed by atoms with Gasteiger partial charge < -0.3 is 10.2 Å². The van der Waals surface area contributed by atoms with Crippen LogP contribution in [0.1, 0.15) is 50.3 Å². The van der Waals surface area contributed by atoms with Gasteiger partial charge in [0, 0.05) is 12.6 Å². The van der Waals surface area contributed by atoms with Crippen LogP contribution < -0.4 is 5.32 Å². The first-order chi connectivity index (χ1) is 9.69. The molecule has 1 aliphatic rings. The Bertz CT molecular complexity index is 385. The molecule has 1 saturated heterocycles. The minimum Gasteiger partial charge on any atom is -0.310 e. The van der Waals surface area contributed by atoms with Crippen LogP contribution in [0.25, 0.3) is 0 Å². The number of nitrogens with zero attached hydrogens (tertiary/aromatic N) is 1. The Morgan fingerprint density at radius 3 is 2.70 bits per heavy atom. The molecule has 20 heavy (non-hydrogen) atoms. The number of aryl methyl sites for hydroxylation is 1. The van der Waals surface area contributed by atoms with Gasteiger partial charge in [0.05, 0.1) is 0 Å². The fourth-order valence-electron chi connectivity index (χ4n) is 3.16. The van der Waals surface area contributed by atoms with Crippen LogP contribution in [-0.2, 0) is 6.42 Å². The number of benzene rings is 1. The van der Waals surface area contributed by atoms with E-state index in [0.29, 0.717) is 6.04 Å². The molecule has 1 aromatic rings. The van der Waals surface area contributed by atoms with E-state index in [1.54, 1.807) is 0 Å². The van der Waals surface area contributed by atoms with Crippen LogP contribution in [0, 0.1) is 5.92 Å². The van der Waals surface area contributed by atoms with Gasteiger partial charge in [-0.2, -0.15) is 0 Å². The highest BCUT2D eigenvalue weighted by molar-refractivity contribution is 5.24. The topological polar surface area (TPSA) is 15.3 Å². The third-order valence-electron chi connectivity index (χ3n) is 4.45. The van der Waals surface area contributed by atoms with Gasteiger partial charge in [0.25, 0.3) is 0 Å². The molecule has 0 saturated carbocycles. The summed E-state index contributed by atoms with van der Waals surface area (Å²) in [7, 11) is 2.24. The Morgan fingerprint density at radius 1 is 1.30 bits per heavy atom. The van der Waals surface area contributed by atoms with Gasteiger partial charge in [-0.05, 0) is 63.4 Å². The second-order valence-electron chi connectivity index (χ2n) is 6.39. The lowest BCUT2D eigenvalue weighted by molar-refractivity contribution is 0.203. The second-order valence-corrected chi connectivity index (χ2v) is 6.39. The summed E-state index contributed by atoms with van der Waals surface area (Å²) >= 11 is 0. The Balaban J connectivity index is 1.80. The SMILES string of the molecule is CCCc1ccc(C(C)NCC2CCCN(C)C2)cc1. The molecule has 0 amide bonds. The highest BCUT2D eigenvalue weighted by atomic mass is 15.1. The van der Waals surface area contributed by atoms with Crippen molar-refractivity contribution in [2.75, 3.05) is 26.7 Å². The molecular weight excluding hydrogens is 244 g/mol. The van der Waals surface area contributed by atoms with Crippen molar-refractivity contribution in [2.24, 2.45) is 5.92 Å². The standard InChI is InChI=1S/C18H30N2/c1-4-6-16-8-10-18(11-9-16)15(2)19-13-17-7-5-12-20(3)14-17/h8-11,15,17,19H,4-7,12-14H2,1-3H3. The van der Waals surface area contributed by atoms with Gasteiger partial charge in [0.2, 0.25) is 0 Å². The number of rotatable bonds is 6. The number of nitrogens with one attached hydrogen (secondary N) is 1. The molecule has 0 bridgehead atoms. The average Bonchev–Trinajstić information content (AvgIpc) is 2.46. The molecule has 0 spiro atoms. The van der Waals surface area contributed by atoms with E-state index in [1.165, 1.54) is 49.9 Å². The van der Waals surface area contributed by atoms with Crippen molar-refractivity contribution in [1.82, 2.24) is 10.2 Å². The number of likely N-dealkylation sites (tertiary alicyclic amines) is 1. The Labute approximate surface area is 124 Å². The van der Waals surface area contributed by atoms with Crippen molar-refractivity contribution in [3.8, 4) is 0 Å². The van der Waals surface area contributed by atoms with Crippen molar-refractivity contribution in [3.05, 3.63) is 35.4 Å². The minimum atomic E-state index is 0.456. The zero-order valence-corrected chi connectivity index (χ0v) is 13.4. The molecule has 2 nitrogen and oxygen atoms in total. The second kappa shape index (κ2) is 7.80. The fourth-order valence-corrected chi connectivity index (χ4v) is 3.16. The van der Waals surface area contributed by atoms with E-state index in [9.17, 15) is 0 Å². The van der Waals surface area contributed by atoms with Gasteiger partial charge in [0.15, 0.2) is 0 Å². The van der Waals surface area contributed by atoms with Gasteiger partial charge in [-0.1, -0.05) is 37.6 Å². The average molecular weight is 274 g/mol. The molecule has 2 rings (SSSR count). The largest absolute Gasteiger partial charge is 0.310 e. The number of hydrogen-bond acceptors (Lipinski definition) is 2. The fraction of sp³-hybridized carbons (Fsp3) is 0.667. The minimum absolute atomic E-state index is 0.456. The normalized spacial score (nSPS) is 21.9. The zero-order chi connectivity index (χ0) is 14.4. The first-order valence-electron chi connectivity index (χ1n) is 8.19. The summed E-state index contributed by atoms with van der Waals surface area (Å²) in [6.45, 7) is 8.17. The third kappa shape index (κ3) is 4.60. The van der Waals surface area contributed by atoms with Crippen LogP contribution in [-0.4, -0.2) is 31.6 Å². The first kappa shape index (κ1) is 15.5. The van der Waals surface area contributed by atoms with E-state index < -0.39 is 0 Å². The Morgan fingerprint density at radius 2 is 2.05 bits per heavy atom. The molecule has 0 radical (unpaired) electrons. The molecule has 112 valence electrons. The van der Waals surface area contributed by atoms with Crippen LogP contribution in [0.5, 0.6) is 0 Å². The molecule has 2 unspecified atom stereocenters. The molecule has 2 atom stereocenters. The van der Waals surface area contributed by atoms with Crippen molar-refractivity contribution >= 4 is 0 Å². The lowest BCUT2D eigenvalue weighted by atomic mass is 9.97. The van der Waals surface area contributed by atoms with Crippen LogP contribution in [0.15, 0.2) is 24.3 Å². The van der Waals surface area contributed by atoms with Crippen molar-refractivity contribution in [3.63, 3.8) is 0 Å². The third-order valence-corrected chi connectivity index (χ3v) is 4.45. The number of piperidine rings is 1. The summed E-state index contributed by atoms with van der Waals surface area (Å²) in [5.41, 5.74) is 2.87. The van der Waals surface area contributed by atoms with E-state index in [0.717, 1.165) is 12.5 Å².